The molecule has 1 N–H and O–H groups in total. The van der Waals surface area contributed by atoms with E-state index in [9.17, 15) is 5.11 Å². The molecule has 3 heteroatoms. The van der Waals surface area contributed by atoms with Crippen molar-refractivity contribution in [2.75, 3.05) is 0 Å². The van der Waals surface area contributed by atoms with Gasteiger partial charge in [-0.1, -0.05) is 0 Å². The van der Waals surface area contributed by atoms with Crippen LogP contribution in [0.25, 0.3) is 0 Å². The third kappa shape index (κ3) is 6.37. The van der Waals surface area contributed by atoms with Crippen LogP contribution in [0.15, 0.2) is 18.2 Å². The second kappa shape index (κ2) is 10.0. The molecule has 0 saturated heterocycles. The molecule has 1 heterocycles. The molecule has 0 radical (unpaired) electrons. The maximum atomic E-state index is 10.4. The minimum absolute atomic E-state index is 0.839. The third-order valence-electron chi connectivity index (χ3n) is 4.95. The molecule has 0 bridgehead atoms. The van der Waals surface area contributed by atoms with Crippen LogP contribution in [-0.2, 0) is 5.60 Å². The zero-order chi connectivity index (χ0) is 17.3. The van der Waals surface area contributed by atoms with Gasteiger partial charge in [0.2, 0.25) is 0 Å². The van der Waals surface area contributed by atoms with Crippen molar-refractivity contribution in [1.29, 1.82) is 0 Å². The van der Waals surface area contributed by atoms with Gasteiger partial charge < -0.3 is 0 Å². The summed E-state index contributed by atoms with van der Waals surface area (Å²) in [4.78, 5) is 5.02. The summed E-state index contributed by atoms with van der Waals surface area (Å²) in [5.74, 6) is 0. The van der Waals surface area contributed by atoms with E-state index in [1.54, 1.807) is 0 Å². The van der Waals surface area contributed by atoms with E-state index < -0.39 is 24.0 Å². The molecule has 1 aromatic rings. The van der Waals surface area contributed by atoms with Crippen LogP contribution in [0.3, 0.4) is 0 Å². The molecule has 0 amide bonds. The molecular weight excluding hydrogens is 389 g/mol. The van der Waals surface area contributed by atoms with Crippen molar-refractivity contribution in [3.63, 3.8) is 0 Å². The molecule has 0 aliphatic rings. The molecule has 0 aromatic carbocycles. The van der Waals surface area contributed by atoms with Crippen LogP contribution < -0.4 is 3.71 Å². The maximum absolute atomic E-state index is 10.4. The molecule has 0 saturated carbocycles. The van der Waals surface area contributed by atoms with Gasteiger partial charge in [-0.15, -0.1) is 0 Å². The Morgan fingerprint density at radius 3 is 1.78 bits per heavy atom. The number of hydrogen-bond donors (Lipinski definition) is 1. The number of aromatic nitrogens is 1. The van der Waals surface area contributed by atoms with Crippen molar-refractivity contribution in [1.82, 2.24) is 4.98 Å². The average molecular weight is 426 g/mol. The summed E-state index contributed by atoms with van der Waals surface area (Å²) in [6.45, 7) is 10.6. The van der Waals surface area contributed by atoms with Crippen LogP contribution in [0, 0.1) is 0 Å². The monoisotopic (exact) mass is 427 g/mol. The van der Waals surface area contributed by atoms with Gasteiger partial charge in [-0.25, -0.2) is 0 Å². The predicted octanol–water partition coefficient (Wildman–Crippen LogP) is 5.37. The van der Waals surface area contributed by atoms with Gasteiger partial charge in [-0.2, -0.15) is 0 Å². The number of nitrogens with zero attached hydrogens (tertiary/aromatic N) is 1. The zero-order valence-electron chi connectivity index (χ0n) is 16.0. The van der Waals surface area contributed by atoms with E-state index in [1.165, 1.54) is 55.5 Å². The Morgan fingerprint density at radius 1 is 0.913 bits per heavy atom. The standard InChI is InChI=1S/C8H10NO.3C4H9.Sn/c1-8(2,10)7-5-3-4-6-9-7;3*1-3-4-2;/h3-5,10H,1-2H3;3*1,3-4H2,2H3;. The summed E-state index contributed by atoms with van der Waals surface area (Å²) < 4.78 is 5.68. The second-order valence-electron chi connectivity index (χ2n) is 7.56. The number of hydrogen-bond acceptors (Lipinski definition) is 2. The first kappa shape index (κ1) is 21.0. The second-order valence-corrected chi connectivity index (χ2v) is 20.6. The van der Waals surface area contributed by atoms with Gasteiger partial charge in [0.1, 0.15) is 0 Å². The van der Waals surface area contributed by atoms with Gasteiger partial charge in [0.05, 0.1) is 0 Å². The van der Waals surface area contributed by atoms with Gasteiger partial charge in [-0.3, -0.25) is 0 Å². The number of pyridine rings is 1. The Bertz CT molecular complexity index is 431. The van der Waals surface area contributed by atoms with Crippen molar-refractivity contribution >= 4 is 22.1 Å². The molecule has 23 heavy (non-hydrogen) atoms. The summed E-state index contributed by atoms with van der Waals surface area (Å²) in [5.41, 5.74) is 0.00835. The first-order valence-corrected chi connectivity index (χ1v) is 17.1. The van der Waals surface area contributed by atoms with Crippen LogP contribution >= 0.6 is 0 Å². The molecule has 0 aliphatic carbocycles. The van der Waals surface area contributed by atoms with E-state index in [0.29, 0.717) is 0 Å². The van der Waals surface area contributed by atoms with Crippen LogP contribution in [0.5, 0.6) is 0 Å². The summed E-state index contributed by atoms with van der Waals surface area (Å²) in [7, 11) is 0. The van der Waals surface area contributed by atoms with E-state index in [0.717, 1.165) is 5.69 Å². The SMILES string of the molecule is CCC[CH2][Sn]([CH2]CCC)([CH2]CCC)[c]1cccc(C(C)(C)O)n1. The summed E-state index contributed by atoms with van der Waals surface area (Å²) >= 11 is -2.46. The van der Waals surface area contributed by atoms with Gasteiger partial charge in [-0.05, 0) is 0 Å². The molecule has 132 valence electrons. The molecule has 0 aliphatic heterocycles. The van der Waals surface area contributed by atoms with Gasteiger partial charge in [0, 0.05) is 0 Å². The number of rotatable bonds is 11. The minimum atomic E-state index is -2.46. The van der Waals surface area contributed by atoms with Gasteiger partial charge in [0.25, 0.3) is 0 Å². The van der Waals surface area contributed by atoms with E-state index in [4.69, 9.17) is 4.98 Å². The fourth-order valence-electron chi connectivity index (χ4n) is 3.38. The van der Waals surface area contributed by atoms with Crippen molar-refractivity contribution < 1.29 is 5.11 Å². The molecule has 2 nitrogen and oxygen atoms in total. The topological polar surface area (TPSA) is 33.1 Å². The van der Waals surface area contributed by atoms with E-state index in [-0.39, 0.29) is 0 Å². The van der Waals surface area contributed by atoms with Crippen molar-refractivity contribution in [3.8, 4) is 0 Å². The Kier molecular flexibility index (Phi) is 9.13. The number of aliphatic hydroxyl groups is 1. The molecule has 1 aromatic heterocycles. The molecule has 0 atom stereocenters. The fourth-order valence-corrected chi connectivity index (χ4v) is 18.8. The zero-order valence-corrected chi connectivity index (χ0v) is 18.8. The van der Waals surface area contributed by atoms with E-state index >= 15 is 0 Å². The normalized spacial score (nSPS) is 12.6. The molecular formula is C20H37NOSn. The van der Waals surface area contributed by atoms with Crippen molar-refractivity contribution in [2.24, 2.45) is 0 Å². The first-order chi connectivity index (χ1) is 10.9. The van der Waals surface area contributed by atoms with E-state index in [1.807, 2.05) is 19.9 Å². The summed E-state index contributed by atoms with van der Waals surface area (Å²) in [5, 5.41) is 10.4. The molecule has 0 fully saturated rings. The molecule has 0 unspecified atom stereocenters. The molecule has 0 spiro atoms. The average Bonchev–Trinajstić information content (AvgIpc) is 2.54. The summed E-state index contributed by atoms with van der Waals surface area (Å²) in [6.07, 6.45) is 7.88. The summed E-state index contributed by atoms with van der Waals surface area (Å²) in [6, 6.07) is 6.40. The predicted molar refractivity (Wildman–Crippen MR) is 104 cm³/mol. The van der Waals surface area contributed by atoms with Gasteiger partial charge >= 0.3 is 148 Å². The quantitative estimate of drug-likeness (QED) is 0.483. The fraction of sp³-hybridized carbons (Fsp3) is 0.750. The Hall–Kier alpha value is -0.0913. The Morgan fingerprint density at radius 2 is 1.39 bits per heavy atom. The van der Waals surface area contributed by atoms with Crippen LogP contribution in [0.1, 0.15) is 78.8 Å². The van der Waals surface area contributed by atoms with Crippen LogP contribution in [-0.4, -0.2) is 28.5 Å². The Labute approximate surface area is 148 Å². The Balaban J connectivity index is 3.23. The van der Waals surface area contributed by atoms with Crippen LogP contribution in [0.2, 0.25) is 13.3 Å². The van der Waals surface area contributed by atoms with Gasteiger partial charge in [0.15, 0.2) is 0 Å². The van der Waals surface area contributed by atoms with Crippen molar-refractivity contribution in [2.45, 2.75) is 92.1 Å². The van der Waals surface area contributed by atoms with E-state index in [2.05, 4.69) is 32.9 Å². The number of unbranched alkanes of at least 4 members (excludes halogenated alkanes) is 3. The first-order valence-electron chi connectivity index (χ1n) is 9.60. The molecule has 1 rings (SSSR count). The third-order valence-corrected chi connectivity index (χ3v) is 20.1. The van der Waals surface area contributed by atoms with Crippen molar-refractivity contribution in [3.05, 3.63) is 23.9 Å². The van der Waals surface area contributed by atoms with Crippen LogP contribution in [0.4, 0.5) is 0 Å².